The van der Waals surface area contributed by atoms with E-state index in [-0.39, 0.29) is 5.75 Å². The molecule has 0 saturated carbocycles. The Morgan fingerprint density at radius 3 is 2.41 bits per heavy atom. The highest BCUT2D eigenvalue weighted by atomic mass is 16.3. The Morgan fingerprint density at radius 1 is 1.35 bits per heavy atom. The number of rotatable bonds is 5. The van der Waals surface area contributed by atoms with Crippen LogP contribution in [-0.4, -0.2) is 24.5 Å². The number of nitrogens with two attached hydrogens (primary N) is 2. The third-order valence-corrected chi connectivity index (χ3v) is 2.37. The number of carbonyl (C=O) groups is 1. The number of aromatic hydroxyl groups is 1. The highest BCUT2D eigenvalue weighted by Crippen LogP contribution is 2.11. The third-order valence-electron chi connectivity index (χ3n) is 2.37. The van der Waals surface area contributed by atoms with Gasteiger partial charge in [-0.3, -0.25) is 4.79 Å². The Kier molecular flexibility index (Phi) is 9.01. The fraction of sp³-hybridized carbons (Fsp3) is 0.462. The first-order valence-corrected chi connectivity index (χ1v) is 5.79. The van der Waals surface area contributed by atoms with E-state index in [4.69, 9.17) is 16.6 Å². The van der Waals surface area contributed by atoms with Crippen LogP contribution in [0.1, 0.15) is 30.1 Å². The predicted molar refractivity (Wildman–Crippen MR) is 70.0 cm³/mol. The van der Waals surface area contributed by atoms with E-state index < -0.39 is 0 Å². The molecule has 0 fully saturated rings. The molecule has 0 aliphatic rings. The number of benzene rings is 1. The zero-order valence-electron chi connectivity index (χ0n) is 10.3. The fourth-order valence-electron chi connectivity index (χ4n) is 1.17. The zero-order valence-corrected chi connectivity index (χ0v) is 10.3. The van der Waals surface area contributed by atoms with E-state index in [1.165, 1.54) is 12.5 Å². The van der Waals surface area contributed by atoms with Crippen molar-refractivity contribution < 1.29 is 9.90 Å². The number of phenols is 1. The van der Waals surface area contributed by atoms with Gasteiger partial charge in [-0.1, -0.05) is 19.1 Å². The second-order valence-corrected chi connectivity index (χ2v) is 3.95. The van der Waals surface area contributed by atoms with E-state index in [9.17, 15) is 4.79 Å². The van der Waals surface area contributed by atoms with Gasteiger partial charge in [-0.05, 0) is 44.0 Å². The van der Waals surface area contributed by atoms with Crippen molar-refractivity contribution in [2.24, 2.45) is 17.4 Å². The molecule has 5 N–H and O–H groups in total. The molecule has 0 aromatic heterocycles. The van der Waals surface area contributed by atoms with E-state index in [0.717, 1.165) is 19.5 Å². The van der Waals surface area contributed by atoms with Gasteiger partial charge < -0.3 is 16.6 Å². The first-order valence-electron chi connectivity index (χ1n) is 5.79. The maximum Gasteiger partial charge on any atom is 0.153 e. The smallest absolute Gasteiger partial charge is 0.153 e. The first-order chi connectivity index (χ1) is 8.15. The molecule has 0 amide bonds. The standard InChI is InChI=1S/C7H6O2.C6H16N2/c8-5-6-3-1-2-4-7(6)9;1-6(5-8)3-2-4-7/h1-5,9H;6H,2-5,7-8H2,1H3. The summed E-state index contributed by atoms with van der Waals surface area (Å²) in [6.07, 6.45) is 2.90. The Labute approximate surface area is 103 Å². The molecule has 96 valence electrons. The van der Waals surface area contributed by atoms with E-state index in [1.807, 2.05) is 0 Å². The molecule has 17 heavy (non-hydrogen) atoms. The summed E-state index contributed by atoms with van der Waals surface area (Å²) in [6, 6.07) is 6.40. The van der Waals surface area contributed by atoms with Crippen LogP contribution in [0.15, 0.2) is 24.3 Å². The fourth-order valence-corrected chi connectivity index (χ4v) is 1.17. The molecule has 1 atom stereocenters. The topological polar surface area (TPSA) is 89.3 Å². The number of hydrogen-bond acceptors (Lipinski definition) is 4. The van der Waals surface area contributed by atoms with Gasteiger partial charge >= 0.3 is 0 Å². The van der Waals surface area contributed by atoms with Gasteiger partial charge in [0.15, 0.2) is 6.29 Å². The number of carbonyl (C=O) groups excluding carboxylic acids is 1. The van der Waals surface area contributed by atoms with Crippen molar-refractivity contribution in [1.82, 2.24) is 0 Å². The monoisotopic (exact) mass is 238 g/mol. The molecular formula is C13H22N2O2. The summed E-state index contributed by atoms with van der Waals surface area (Å²) in [5.41, 5.74) is 11.0. The van der Waals surface area contributed by atoms with Gasteiger partial charge in [0, 0.05) is 0 Å². The lowest BCUT2D eigenvalue weighted by Gasteiger charge is -2.04. The number of phenolic OH excluding ortho intramolecular Hbond substituents is 1. The summed E-state index contributed by atoms with van der Waals surface area (Å²) >= 11 is 0. The molecule has 1 rings (SSSR count). The van der Waals surface area contributed by atoms with Crippen LogP contribution in [0.2, 0.25) is 0 Å². The number of para-hydroxylation sites is 1. The van der Waals surface area contributed by atoms with E-state index in [1.54, 1.807) is 18.2 Å². The molecule has 0 radical (unpaired) electrons. The second kappa shape index (κ2) is 9.81. The van der Waals surface area contributed by atoms with Gasteiger partial charge in [-0.15, -0.1) is 0 Å². The summed E-state index contributed by atoms with van der Waals surface area (Å²) in [6.45, 7) is 3.74. The molecule has 0 saturated heterocycles. The summed E-state index contributed by atoms with van der Waals surface area (Å²) in [5, 5.41) is 8.88. The lowest BCUT2D eigenvalue weighted by Crippen LogP contribution is -2.12. The van der Waals surface area contributed by atoms with Crippen molar-refractivity contribution in [2.75, 3.05) is 13.1 Å². The highest BCUT2D eigenvalue weighted by Gasteiger charge is 1.95. The van der Waals surface area contributed by atoms with Crippen molar-refractivity contribution in [3.63, 3.8) is 0 Å². The van der Waals surface area contributed by atoms with Gasteiger partial charge in [0.1, 0.15) is 5.75 Å². The van der Waals surface area contributed by atoms with Crippen molar-refractivity contribution in [2.45, 2.75) is 19.8 Å². The van der Waals surface area contributed by atoms with Crippen LogP contribution < -0.4 is 11.5 Å². The van der Waals surface area contributed by atoms with Crippen LogP contribution in [0.25, 0.3) is 0 Å². The van der Waals surface area contributed by atoms with Crippen LogP contribution >= 0.6 is 0 Å². The summed E-state index contributed by atoms with van der Waals surface area (Å²) in [4.78, 5) is 10.1. The lowest BCUT2D eigenvalue weighted by atomic mass is 10.1. The summed E-state index contributed by atoms with van der Waals surface area (Å²) < 4.78 is 0. The van der Waals surface area contributed by atoms with Crippen molar-refractivity contribution in [3.05, 3.63) is 29.8 Å². The number of hydrogen-bond donors (Lipinski definition) is 3. The van der Waals surface area contributed by atoms with Crippen LogP contribution in [0, 0.1) is 5.92 Å². The summed E-state index contributed by atoms with van der Waals surface area (Å²) in [7, 11) is 0. The normalized spacial score (nSPS) is 11.2. The molecule has 0 spiro atoms. The molecular weight excluding hydrogens is 216 g/mol. The lowest BCUT2D eigenvalue weighted by molar-refractivity contribution is 0.112. The average molecular weight is 238 g/mol. The van der Waals surface area contributed by atoms with Crippen molar-refractivity contribution in [1.29, 1.82) is 0 Å². The second-order valence-electron chi connectivity index (χ2n) is 3.95. The minimum absolute atomic E-state index is 0.0347. The largest absolute Gasteiger partial charge is 0.507 e. The zero-order chi connectivity index (χ0) is 13.1. The molecule has 4 nitrogen and oxygen atoms in total. The maximum atomic E-state index is 10.1. The predicted octanol–water partition coefficient (Wildman–Crippen LogP) is 1.52. The number of aldehydes is 1. The van der Waals surface area contributed by atoms with Gasteiger partial charge in [-0.25, -0.2) is 0 Å². The molecule has 0 aliphatic carbocycles. The molecule has 0 heterocycles. The van der Waals surface area contributed by atoms with Crippen LogP contribution in [-0.2, 0) is 0 Å². The Balaban J connectivity index is 0.000000304. The molecule has 1 aromatic carbocycles. The third kappa shape index (κ3) is 7.49. The Morgan fingerprint density at radius 2 is 2.00 bits per heavy atom. The molecule has 4 heteroatoms. The van der Waals surface area contributed by atoms with Crippen LogP contribution in [0.4, 0.5) is 0 Å². The quantitative estimate of drug-likeness (QED) is 0.678. The van der Waals surface area contributed by atoms with E-state index in [0.29, 0.717) is 17.8 Å². The molecule has 1 unspecified atom stereocenters. The van der Waals surface area contributed by atoms with Crippen molar-refractivity contribution in [3.8, 4) is 5.75 Å². The highest BCUT2D eigenvalue weighted by molar-refractivity contribution is 5.78. The van der Waals surface area contributed by atoms with Crippen LogP contribution in [0.3, 0.4) is 0 Å². The van der Waals surface area contributed by atoms with E-state index >= 15 is 0 Å². The minimum Gasteiger partial charge on any atom is -0.507 e. The average Bonchev–Trinajstić information content (AvgIpc) is 2.37. The summed E-state index contributed by atoms with van der Waals surface area (Å²) in [5.74, 6) is 0.686. The van der Waals surface area contributed by atoms with Crippen molar-refractivity contribution >= 4 is 6.29 Å². The molecule has 0 bridgehead atoms. The molecule has 1 aromatic rings. The first kappa shape index (κ1) is 15.6. The minimum atomic E-state index is 0.0347. The van der Waals surface area contributed by atoms with E-state index in [2.05, 4.69) is 6.92 Å². The van der Waals surface area contributed by atoms with Gasteiger partial charge in [0.2, 0.25) is 0 Å². The maximum absolute atomic E-state index is 10.1. The molecule has 0 aliphatic heterocycles. The Bertz CT molecular complexity index is 316. The van der Waals surface area contributed by atoms with Gasteiger partial charge in [0.05, 0.1) is 5.56 Å². The Hall–Kier alpha value is -1.39. The van der Waals surface area contributed by atoms with Gasteiger partial charge in [0.25, 0.3) is 0 Å². The van der Waals surface area contributed by atoms with Gasteiger partial charge in [-0.2, -0.15) is 0 Å². The SMILES string of the molecule is CC(CN)CCCN.O=Cc1ccccc1O. The van der Waals surface area contributed by atoms with Crippen LogP contribution in [0.5, 0.6) is 5.75 Å².